The highest BCUT2D eigenvalue weighted by molar-refractivity contribution is 6.99. The number of rotatable bonds is 15. The van der Waals surface area contributed by atoms with Crippen LogP contribution in [0.25, 0.3) is 33.4 Å². The van der Waals surface area contributed by atoms with Gasteiger partial charge in [0, 0.05) is 0 Å². The predicted octanol–water partition coefficient (Wildman–Crippen LogP) is 21.1. The molecule has 0 aliphatic carbocycles. The second-order valence-corrected chi connectivity index (χ2v) is 37.6. The van der Waals surface area contributed by atoms with Crippen molar-refractivity contribution in [3.63, 3.8) is 0 Å². The van der Waals surface area contributed by atoms with Gasteiger partial charge in [-0.25, -0.2) is 0 Å². The maximum atomic E-state index is 2.63. The zero-order valence-corrected chi connectivity index (χ0v) is 79.4. The van der Waals surface area contributed by atoms with Crippen molar-refractivity contribution in [1.82, 2.24) is 0 Å². The molecule has 0 spiro atoms. The minimum Gasteiger partial charge on any atom is -0.0652 e. The highest BCUT2D eigenvalue weighted by Crippen LogP contribution is 2.42. The van der Waals surface area contributed by atoms with Crippen LogP contribution in [0.1, 0.15) is 223 Å². The first-order chi connectivity index (χ1) is 54.2. The third-order valence-corrected chi connectivity index (χ3v) is 29.7. The smallest absolute Gasteiger partial charge is 0.0652 e. The van der Waals surface area contributed by atoms with E-state index in [2.05, 4.69) is 362 Å². The van der Waals surface area contributed by atoms with Gasteiger partial charge in [0.2, 0.25) is 26.9 Å². The van der Waals surface area contributed by atoms with Crippen LogP contribution in [0, 0.1) is 277 Å². The maximum absolute atomic E-state index is 2.63. The van der Waals surface area contributed by atoms with Gasteiger partial charge in [-0.05, 0) is 377 Å². The normalized spacial score (nSPS) is 11.6. The van der Waals surface area contributed by atoms with E-state index in [0.717, 1.165) is 0 Å². The van der Waals surface area contributed by atoms with E-state index in [1.807, 2.05) is 0 Å². The van der Waals surface area contributed by atoms with Crippen LogP contribution in [0.5, 0.6) is 0 Å². The third kappa shape index (κ3) is 14.1. The summed E-state index contributed by atoms with van der Waals surface area (Å²) in [7, 11) is 0. The van der Waals surface area contributed by atoms with E-state index in [4.69, 9.17) is 0 Å². The first-order valence-corrected chi connectivity index (χ1v) is 43.3. The Bertz CT molecular complexity index is 5810. The van der Waals surface area contributed by atoms with Crippen molar-refractivity contribution in [3.8, 4) is 33.4 Å². The first-order valence-electron chi connectivity index (χ1n) is 43.3. The maximum Gasteiger partial charge on any atom is 0.243 e. The lowest BCUT2D eigenvalue weighted by atomic mass is 9.32. The highest BCUT2D eigenvalue weighted by atomic mass is 14.3. The molecule has 0 atom stereocenters. The van der Waals surface area contributed by atoms with Gasteiger partial charge in [0.25, 0.3) is 0 Å². The summed E-state index contributed by atoms with van der Waals surface area (Å²) in [6, 6.07) is 34.3. The zero-order valence-electron chi connectivity index (χ0n) is 79.4. The molecule has 12 aromatic rings. The fraction of sp³-hybridized carbons (Fsp3) is 0.357. The zero-order chi connectivity index (χ0) is 85.7. The van der Waals surface area contributed by atoms with E-state index >= 15 is 0 Å². The molecule has 0 amide bonds. The van der Waals surface area contributed by atoms with E-state index in [9.17, 15) is 0 Å². The van der Waals surface area contributed by atoms with Gasteiger partial charge in [0.1, 0.15) is 0 Å². The third-order valence-electron chi connectivity index (χ3n) is 29.7. The summed E-state index contributed by atoms with van der Waals surface area (Å²) in [4.78, 5) is 0. The van der Waals surface area contributed by atoms with E-state index < -0.39 is 0 Å². The molecule has 0 nitrogen and oxygen atoms in total. The molecular formula is C112H134B4. The van der Waals surface area contributed by atoms with Gasteiger partial charge in [-0.1, -0.05) is 306 Å². The Morgan fingerprint density at radius 2 is 0.241 bits per heavy atom. The lowest BCUT2D eigenvalue weighted by Gasteiger charge is -2.33. The first kappa shape index (κ1) is 86.2. The Labute approximate surface area is 705 Å². The van der Waals surface area contributed by atoms with Crippen LogP contribution in [-0.2, 0) is 0 Å². The largest absolute Gasteiger partial charge is 0.243 e. The molecule has 0 aliphatic heterocycles. The molecule has 0 saturated carbocycles. The van der Waals surface area contributed by atoms with Crippen LogP contribution in [0.2, 0.25) is 0 Å². The molecule has 0 saturated heterocycles. The minimum absolute atomic E-state index is 0.00911. The Hall–Kier alpha value is -9.10. The van der Waals surface area contributed by atoms with Gasteiger partial charge in [-0.2, -0.15) is 0 Å². The molecule has 0 heterocycles. The van der Waals surface area contributed by atoms with Crippen LogP contribution in [-0.4, -0.2) is 26.9 Å². The summed E-state index contributed by atoms with van der Waals surface area (Å²) in [6.45, 7) is 95.7. The summed E-state index contributed by atoms with van der Waals surface area (Å²) >= 11 is 0. The molecule has 12 aromatic carbocycles. The van der Waals surface area contributed by atoms with Gasteiger partial charge in [0.15, 0.2) is 0 Å². The Morgan fingerprint density at radius 3 is 0.405 bits per heavy atom. The second-order valence-electron chi connectivity index (χ2n) is 37.6. The molecule has 0 aromatic heterocycles. The standard InChI is InChI=1S/C112H134B4/c1-55-41-63(9)103(64(10)42-55)113(95-54-62(8)98(78(24)76(95)22)100-81(27)91(37)111(92(38)82(100)28)115(105-67(13)45-57(3)46-68(105)14)106-69(15)47-58(4)48-70(106)16)109-87(33)79(25)99(80(26)88(109)34)97-61(7)53-96(75(21)77(97)23)114(104-65(11)43-56(2)44-66(104)12)110-89(35)83(29)101(84(30)90(110)36)102-85(31)93(39)112(94(40)86(102)32)116(107-71(17)49-59(5)50-72(107)18)108-73(19)51-60(6)52-74(108)20/h41-54H,1-40H3. The predicted molar refractivity (Wildman–Crippen MR) is 522 cm³/mol. The van der Waals surface area contributed by atoms with Gasteiger partial charge < -0.3 is 0 Å². The molecule has 0 aliphatic rings. The molecule has 0 unspecified atom stereocenters. The van der Waals surface area contributed by atoms with E-state index in [0.29, 0.717) is 0 Å². The van der Waals surface area contributed by atoms with Crippen molar-refractivity contribution in [1.29, 1.82) is 0 Å². The second kappa shape index (κ2) is 32.0. The van der Waals surface area contributed by atoms with Crippen molar-refractivity contribution >= 4 is 92.4 Å². The van der Waals surface area contributed by atoms with Crippen molar-refractivity contribution in [2.75, 3.05) is 0 Å². The number of hydrogen-bond donors (Lipinski definition) is 0. The number of hydrogen-bond acceptors (Lipinski definition) is 0. The molecular weight excluding hydrogens is 1390 g/mol. The van der Waals surface area contributed by atoms with Crippen LogP contribution >= 0.6 is 0 Å². The van der Waals surface area contributed by atoms with E-state index in [1.54, 1.807) is 0 Å². The fourth-order valence-corrected chi connectivity index (χ4v) is 23.8. The van der Waals surface area contributed by atoms with Gasteiger partial charge in [-0.15, -0.1) is 0 Å². The number of benzene rings is 12. The molecule has 0 radical (unpaired) electrons. The van der Waals surface area contributed by atoms with Gasteiger partial charge in [0.05, 0.1) is 0 Å². The quantitative estimate of drug-likeness (QED) is 0.0898. The van der Waals surface area contributed by atoms with Crippen molar-refractivity contribution in [2.45, 2.75) is 277 Å². The van der Waals surface area contributed by atoms with Crippen molar-refractivity contribution in [2.24, 2.45) is 0 Å². The van der Waals surface area contributed by atoms with E-state index in [1.165, 1.54) is 321 Å². The van der Waals surface area contributed by atoms with Crippen LogP contribution < -0.4 is 65.6 Å². The number of aryl methyl sites for hydroxylation is 20. The van der Waals surface area contributed by atoms with Gasteiger partial charge >= 0.3 is 0 Å². The van der Waals surface area contributed by atoms with Gasteiger partial charge in [-0.3, -0.25) is 0 Å². The Balaban J connectivity index is 1.03. The van der Waals surface area contributed by atoms with Crippen molar-refractivity contribution in [3.05, 3.63) is 307 Å². The topological polar surface area (TPSA) is 0 Å². The minimum atomic E-state index is -0.0105. The van der Waals surface area contributed by atoms with Crippen LogP contribution in [0.15, 0.2) is 84.9 Å². The monoisotopic (exact) mass is 1520 g/mol. The highest BCUT2D eigenvalue weighted by Gasteiger charge is 2.40. The van der Waals surface area contributed by atoms with Crippen LogP contribution in [0.3, 0.4) is 0 Å². The lowest BCUT2D eigenvalue weighted by Crippen LogP contribution is -2.58. The fourth-order valence-electron chi connectivity index (χ4n) is 23.8. The SMILES string of the molecule is Cc1cc(C)c(B(c2cc(C)c(-c3c(C)c(C)c(B(c4c(C)cc(C)cc4C)c4c(C)cc(C)cc4C)c(C)c3C)c(C)c2C)c2c(C)c(C)c(-c3c(C)cc(B(c4c(C)cc(C)cc4C)c4c(C)c(C)c(-c5c(C)c(C)c(B(c6c(C)cc(C)cc6C)c6c(C)cc(C)cc6C)c(C)c5C)c(C)c4C)c(C)c3C)c(C)c2C)c(C)c1. The average molecular weight is 1520 g/mol. The molecule has 0 bridgehead atoms. The van der Waals surface area contributed by atoms with Crippen LogP contribution in [0.4, 0.5) is 0 Å². The van der Waals surface area contributed by atoms with Crippen molar-refractivity contribution < 1.29 is 0 Å². The Morgan fingerprint density at radius 1 is 0.112 bits per heavy atom. The summed E-state index contributed by atoms with van der Waals surface area (Å²) in [5.74, 6) is 0. The summed E-state index contributed by atoms with van der Waals surface area (Å²) in [5, 5.41) is 0. The molecule has 0 N–H and O–H groups in total. The average Bonchev–Trinajstić information content (AvgIpc) is 0.727. The summed E-state index contributed by atoms with van der Waals surface area (Å²) in [6.07, 6.45) is 0. The molecule has 0 fully saturated rings. The summed E-state index contributed by atoms with van der Waals surface area (Å²) in [5.41, 5.74) is 80.1. The lowest BCUT2D eigenvalue weighted by molar-refractivity contribution is 1.22. The molecule has 4 heteroatoms. The van der Waals surface area contributed by atoms with E-state index in [-0.39, 0.29) is 26.9 Å². The molecule has 12 rings (SSSR count). The molecule has 594 valence electrons. The Kier molecular flexibility index (Phi) is 23.8. The molecule has 116 heavy (non-hydrogen) atoms. The summed E-state index contributed by atoms with van der Waals surface area (Å²) < 4.78 is 0.